The van der Waals surface area contributed by atoms with Gasteiger partial charge in [-0.3, -0.25) is 19.7 Å². The van der Waals surface area contributed by atoms with E-state index in [2.05, 4.69) is 28.4 Å². The minimum Gasteiger partial charge on any atom is -0.508 e. The van der Waals surface area contributed by atoms with Gasteiger partial charge in [-0.05, 0) is 60.4 Å². The van der Waals surface area contributed by atoms with Crippen LogP contribution in [0.4, 0.5) is 5.69 Å². The molecular weight excluding hydrogens is 458 g/mol. The lowest BCUT2D eigenvalue weighted by molar-refractivity contribution is -0.141. The molecule has 0 saturated carbocycles. The van der Waals surface area contributed by atoms with Gasteiger partial charge in [-0.2, -0.15) is 0 Å². The van der Waals surface area contributed by atoms with Gasteiger partial charge in [-0.25, -0.2) is 5.48 Å². The number of halogens is 1. The fourth-order valence-electron chi connectivity index (χ4n) is 3.97. The first-order valence-corrected chi connectivity index (χ1v) is 11.1. The highest BCUT2D eigenvalue weighted by Crippen LogP contribution is 2.37. The van der Waals surface area contributed by atoms with E-state index >= 15 is 0 Å². The Labute approximate surface area is 201 Å². The van der Waals surface area contributed by atoms with Gasteiger partial charge in [0.25, 0.3) is 0 Å². The van der Waals surface area contributed by atoms with Gasteiger partial charge >= 0.3 is 11.8 Å². The average molecular weight is 482 g/mol. The molecule has 0 fully saturated rings. The molecule has 1 aliphatic rings. The topological polar surface area (TPSA) is 111 Å². The number of rotatable bonds is 5. The van der Waals surface area contributed by atoms with Gasteiger partial charge in [0, 0.05) is 30.9 Å². The van der Waals surface area contributed by atoms with Crippen molar-refractivity contribution in [1.82, 2.24) is 10.4 Å². The monoisotopic (exact) mass is 481 g/mol. The van der Waals surface area contributed by atoms with E-state index in [0.29, 0.717) is 23.6 Å². The lowest BCUT2D eigenvalue weighted by atomic mass is 9.99. The summed E-state index contributed by atoms with van der Waals surface area (Å²) in [5.41, 5.74) is 5.57. The van der Waals surface area contributed by atoms with E-state index < -0.39 is 11.8 Å². The third-order valence-corrected chi connectivity index (χ3v) is 5.95. The van der Waals surface area contributed by atoms with Crippen molar-refractivity contribution in [3.63, 3.8) is 0 Å². The predicted molar refractivity (Wildman–Crippen MR) is 127 cm³/mol. The van der Waals surface area contributed by atoms with Gasteiger partial charge in [0.05, 0.1) is 5.02 Å². The molecule has 0 aliphatic carbocycles. The molecule has 0 atom stereocenters. The minimum absolute atomic E-state index is 0.189. The molecule has 1 heterocycles. The largest absolute Gasteiger partial charge is 0.508 e. The standard InChI is InChI=1S/C25H24ClN3O5/c1-15-10-19(27-24(31)25(32)28-33)12-21(26)23(15)34-20-6-7-22(30)18(11-20)14-29-9-8-16-4-2-3-5-17(16)13-29/h2-7,10-12,30,33H,8-9,13-14H2,1H3,(H,27,31)(H,28,32). The number of anilines is 1. The van der Waals surface area contributed by atoms with E-state index in [4.69, 9.17) is 21.5 Å². The zero-order chi connectivity index (χ0) is 24.2. The number of aryl methyl sites for hydroxylation is 1. The molecule has 3 aromatic carbocycles. The van der Waals surface area contributed by atoms with Gasteiger partial charge in [0.15, 0.2) is 0 Å². The molecule has 1 aliphatic heterocycles. The lowest BCUT2D eigenvalue weighted by Crippen LogP contribution is -2.33. The van der Waals surface area contributed by atoms with Crippen molar-refractivity contribution in [3.8, 4) is 17.2 Å². The number of phenolic OH excluding ortho intramolecular Hbond substituents is 1. The number of nitrogens with one attached hydrogen (secondary N) is 2. The lowest BCUT2D eigenvalue weighted by Gasteiger charge is -2.29. The maximum absolute atomic E-state index is 11.7. The first-order chi connectivity index (χ1) is 16.3. The van der Waals surface area contributed by atoms with Gasteiger partial charge in [0.2, 0.25) is 0 Å². The zero-order valence-electron chi connectivity index (χ0n) is 18.5. The van der Waals surface area contributed by atoms with Crippen LogP contribution in [0.5, 0.6) is 17.2 Å². The van der Waals surface area contributed by atoms with Crippen LogP contribution in [0, 0.1) is 6.92 Å². The van der Waals surface area contributed by atoms with Crippen LogP contribution in [0.1, 0.15) is 22.3 Å². The number of ether oxygens (including phenoxy) is 1. The van der Waals surface area contributed by atoms with Crippen molar-refractivity contribution in [2.24, 2.45) is 0 Å². The Balaban J connectivity index is 1.49. The number of fused-ring (bicyclic) bond motifs is 1. The van der Waals surface area contributed by atoms with E-state index in [1.165, 1.54) is 22.7 Å². The molecule has 8 nitrogen and oxygen atoms in total. The Kier molecular flexibility index (Phi) is 7.02. The summed E-state index contributed by atoms with van der Waals surface area (Å²) in [7, 11) is 0. The van der Waals surface area contributed by atoms with E-state index in [1.807, 2.05) is 6.07 Å². The van der Waals surface area contributed by atoms with E-state index in [9.17, 15) is 14.7 Å². The summed E-state index contributed by atoms with van der Waals surface area (Å²) in [6.45, 7) is 4.03. The summed E-state index contributed by atoms with van der Waals surface area (Å²) in [4.78, 5) is 25.1. The van der Waals surface area contributed by atoms with Crippen LogP contribution in [-0.4, -0.2) is 33.6 Å². The molecular formula is C25H24ClN3O5. The molecule has 9 heteroatoms. The third kappa shape index (κ3) is 5.31. The number of hydrogen-bond donors (Lipinski definition) is 4. The maximum atomic E-state index is 11.7. The average Bonchev–Trinajstić information content (AvgIpc) is 2.82. The van der Waals surface area contributed by atoms with E-state index in [1.54, 1.807) is 31.2 Å². The minimum atomic E-state index is -1.19. The molecule has 0 aromatic heterocycles. The number of carbonyl (C=O) groups is 2. The molecule has 0 unspecified atom stereocenters. The summed E-state index contributed by atoms with van der Waals surface area (Å²) in [6, 6.07) is 16.5. The smallest absolute Gasteiger partial charge is 0.332 e. The molecule has 3 aromatic rings. The molecule has 4 rings (SSSR count). The molecule has 0 radical (unpaired) electrons. The predicted octanol–water partition coefficient (Wildman–Crippen LogP) is 4.15. The highest BCUT2D eigenvalue weighted by molar-refractivity contribution is 6.39. The number of hydrogen-bond acceptors (Lipinski definition) is 6. The summed E-state index contributed by atoms with van der Waals surface area (Å²) in [5.74, 6) is -1.14. The fraction of sp³-hybridized carbons (Fsp3) is 0.200. The molecule has 2 amide bonds. The Bertz CT molecular complexity index is 1220. The van der Waals surface area contributed by atoms with Crippen molar-refractivity contribution in [2.75, 3.05) is 11.9 Å². The summed E-state index contributed by atoms with van der Waals surface area (Å²) in [6.07, 6.45) is 0.963. The maximum Gasteiger partial charge on any atom is 0.332 e. The van der Waals surface area contributed by atoms with Crippen molar-refractivity contribution in [1.29, 1.82) is 0 Å². The molecule has 176 valence electrons. The number of amides is 2. The molecule has 0 bridgehead atoms. The van der Waals surface area contributed by atoms with Crippen molar-refractivity contribution in [3.05, 3.63) is 81.9 Å². The molecule has 0 spiro atoms. The van der Waals surface area contributed by atoms with Crippen molar-refractivity contribution < 1.29 is 24.6 Å². The Hall–Kier alpha value is -3.59. The second kappa shape index (κ2) is 10.1. The second-order valence-corrected chi connectivity index (χ2v) is 8.53. The van der Waals surface area contributed by atoms with Crippen LogP contribution in [0.25, 0.3) is 0 Å². The summed E-state index contributed by atoms with van der Waals surface area (Å²) in [5, 5.41) is 21.6. The third-order valence-electron chi connectivity index (χ3n) is 5.67. The Morgan fingerprint density at radius 3 is 2.59 bits per heavy atom. The molecule has 4 N–H and O–H groups in total. The second-order valence-electron chi connectivity index (χ2n) is 8.12. The van der Waals surface area contributed by atoms with E-state index in [0.717, 1.165) is 25.1 Å². The zero-order valence-corrected chi connectivity index (χ0v) is 19.2. The van der Waals surface area contributed by atoms with Gasteiger partial charge in [-0.15, -0.1) is 0 Å². The first kappa shape index (κ1) is 23.6. The molecule has 0 saturated heterocycles. The Morgan fingerprint density at radius 1 is 1.09 bits per heavy atom. The van der Waals surface area contributed by atoms with Gasteiger partial charge in [0.1, 0.15) is 17.2 Å². The quantitative estimate of drug-likeness (QED) is 0.247. The fourth-order valence-corrected chi connectivity index (χ4v) is 4.28. The van der Waals surface area contributed by atoms with Crippen LogP contribution >= 0.6 is 11.6 Å². The number of aromatic hydroxyl groups is 1. The Morgan fingerprint density at radius 2 is 1.85 bits per heavy atom. The van der Waals surface area contributed by atoms with Crippen LogP contribution < -0.4 is 15.5 Å². The first-order valence-electron chi connectivity index (χ1n) is 10.7. The summed E-state index contributed by atoms with van der Waals surface area (Å²) >= 11 is 6.37. The number of nitrogens with zero attached hydrogens (tertiary/aromatic N) is 1. The SMILES string of the molecule is Cc1cc(NC(=O)C(=O)NO)cc(Cl)c1Oc1ccc(O)c(CN2CCc3ccccc3C2)c1. The van der Waals surface area contributed by atoms with Crippen LogP contribution in [0.3, 0.4) is 0 Å². The number of phenols is 1. The highest BCUT2D eigenvalue weighted by atomic mass is 35.5. The van der Waals surface area contributed by atoms with Crippen LogP contribution in [0.2, 0.25) is 5.02 Å². The number of hydroxylamine groups is 1. The van der Waals surface area contributed by atoms with Crippen LogP contribution in [0.15, 0.2) is 54.6 Å². The number of benzene rings is 3. The van der Waals surface area contributed by atoms with Crippen molar-refractivity contribution in [2.45, 2.75) is 26.4 Å². The van der Waals surface area contributed by atoms with Crippen molar-refractivity contribution >= 4 is 29.1 Å². The molecule has 34 heavy (non-hydrogen) atoms. The highest BCUT2D eigenvalue weighted by Gasteiger charge is 2.19. The number of carbonyl (C=O) groups excluding carboxylic acids is 2. The summed E-state index contributed by atoms with van der Waals surface area (Å²) < 4.78 is 6.02. The van der Waals surface area contributed by atoms with Gasteiger partial charge in [-0.1, -0.05) is 35.9 Å². The van der Waals surface area contributed by atoms with E-state index in [-0.39, 0.29) is 16.5 Å². The van der Waals surface area contributed by atoms with Gasteiger partial charge < -0.3 is 15.2 Å². The normalized spacial score (nSPS) is 13.1. The van der Waals surface area contributed by atoms with Crippen LogP contribution in [-0.2, 0) is 29.1 Å².